The molecule has 0 unspecified atom stereocenters. The summed E-state index contributed by atoms with van der Waals surface area (Å²) in [5.41, 5.74) is -1.92. The standard InChI is InChI=1S/C26H36F3N5O4/c1-37-20-15-38-10-5-19(20)31-16-3-8-24(12-16,25(36)6-2-7-25)23(35)34-14-17-11-18(34)13-33(17)21-4-9-30-22(32-21)26(27,28)29/h4,9,16-20,31,36H,2-3,5-8,10-15H2,1H3/t16-,17+,18+,19+,20-,24-/m1/s1/i1D. The summed E-state index contributed by atoms with van der Waals surface area (Å²) in [6.45, 7) is 1.86. The van der Waals surface area contributed by atoms with Gasteiger partial charge in [-0.15, -0.1) is 0 Å². The summed E-state index contributed by atoms with van der Waals surface area (Å²) >= 11 is 0. The van der Waals surface area contributed by atoms with Gasteiger partial charge in [-0.3, -0.25) is 4.79 Å². The molecular weight excluding hydrogens is 503 g/mol. The van der Waals surface area contributed by atoms with Gasteiger partial charge >= 0.3 is 6.18 Å². The number of ether oxygens (including phenoxy) is 2. The lowest BCUT2D eigenvalue weighted by molar-refractivity contribution is -0.178. The summed E-state index contributed by atoms with van der Waals surface area (Å²) in [5, 5.41) is 15.3. The summed E-state index contributed by atoms with van der Waals surface area (Å²) in [4.78, 5) is 25.2. The van der Waals surface area contributed by atoms with Crippen LogP contribution in [0.5, 0.6) is 0 Å². The maximum atomic E-state index is 14.3. The number of nitrogens with one attached hydrogen (secondary N) is 1. The predicted molar refractivity (Wildman–Crippen MR) is 130 cm³/mol. The lowest BCUT2D eigenvalue weighted by atomic mass is 9.59. The number of methoxy groups -OCH3 is 1. The second kappa shape index (κ2) is 9.57. The summed E-state index contributed by atoms with van der Waals surface area (Å²) in [6.07, 6.45) is 1.69. The number of alkyl halides is 3. The number of aliphatic hydroxyl groups is 1. The monoisotopic (exact) mass is 540 g/mol. The average molecular weight is 541 g/mol. The first-order valence-corrected chi connectivity index (χ1v) is 13.6. The lowest BCUT2D eigenvalue weighted by Gasteiger charge is -2.52. The molecule has 0 aromatic carbocycles. The van der Waals surface area contributed by atoms with Gasteiger partial charge in [-0.2, -0.15) is 13.2 Å². The van der Waals surface area contributed by atoms with E-state index in [0.29, 0.717) is 58.4 Å². The quantitative estimate of drug-likeness (QED) is 0.566. The molecule has 9 nitrogen and oxygen atoms in total. The number of piperazine rings is 1. The second-order valence-corrected chi connectivity index (χ2v) is 11.6. The summed E-state index contributed by atoms with van der Waals surface area (Å²) < 4.78 is 58.1. The van der Waals surface area contributed by atoms with Crippen LogP contribution in [-0.2, 0) is 20.4 Å². The van der Waals surface area contributed by atoms with Crippen LogP contribution in [0.15, 0.2) is 12.3 Å². The third-order valence-corrected chi connectivity index (χ3v) is 9.65. The summed E-state index contributed by atoms with van der Waals surface area (Å²) in [5.74, 6) is -0.952. The van der Waals surface area contributed by atoms with E-state index in [9.17, 15) is 23.1 Å². The Kier molecular flexibility index (Phi) is 6.29. The minimum absolute atomic E-state index is 0.0225. The molecule has 0 spiro atoms. The van der Waals surface area contributed by atoms with Crippen molar-refractivity contribution in [3.05, 3.63) is 18.1 Å². The van der Waals surface area contributed by atoms with Crippen LogP contribution in [0, 0.1) is 5.41 Å². The minimum Gasteiger partial charge on any atom is -0.389 e. The molecule has 2 aliphatic carbocycles. The van der Waals surface area contributed by atoms with E-state index in [1.165, 1.54) is 6.07 Å². The number of carbonyl (C=O) groups excluding carboxylic acids is 1. The molecule has 3 saturated heterocycles. The molecule has 2 bridgehead atoms. The van der Waals surface area contributed by atoms with Gasteiger partial charge in [0.15, 0.2) is 0 Å². The zero-order chi connectivity index (χ0) is 27.4. The molecule has 3 aliphatic heterocycles. The Morgan fingerprint density at radius 3 is 2.82 bits per heavy atom. The van der Waals surface area contributed by atoms with E-state index in [2.05, 4.69) is 15.3 Å². The highest BCUT2D eigenvalue weighted by Crippen LogP contribution is 2.57. The van der Waals surface area contributed by atoms with E-state index in [0.717, 1.165) is 25.5 Å². The molecule has 5 aliphatic rings. The number of halogens is 3. The molecule has 1 aromatic rings. The van der Waals surface area contributed by atoms with Crippen LogP contribution in [0.25, 0.3) is 0 Å². The Hall–Kier alpha value is -2.02. The van der Waals surface area contributed by atoms with Gasteiger partial charge in [-0.05, 0) is 57.4 Å². The van der Waals surface area contributed by atoms with Crippen molar-refractivity contribution in [1.29, 1.82) is 0 Å². The van der Waals surface area contributed by atoms with Crippen molar-refractivity contribution in [2.24, 2.45) is 5.41 Å². The van der Waals surface area contributed by atoms with Crippen LogP contribution in [0.2, 0.25) is 0 Å². The van der Waals surface area contributed by atoms with Crippen LogP contribution >= 0.6 is 0 Å². The number of nitrogens with zero attached hydrogens (tertiary/aromatic N) is 4. The van der Waals surface area contributed by atoms with E-state index in [4.69, 9.17) is 10.8 Å². The van der Waals surface area contributed by atoms with Crippen LogP contribution in [0.4, 0.5) is 19.0 Å². The highest BCUT2D eigenvalue weighted by Gasteiger charge is 2.64. The Morgan fingerprint density at radius 2 is 2.13 bits per heavy atom. The number of fused-ring (bicyclic) bond motifs is 2. The fourth-order valence-electron chi connectivity index (χ4n) is 7.48. The van der Waals surface area contributed by atoms with E-state index in [1.54, 1.807) is 0 Å². The smallest absolute Gasteiger partial charge is 0.389 e. The molecule has 1 aromatic heterocycles. The van der Waals surface area contributed by atoms with Gasteiger partial charge in [0.05, 0.1) is 37.2 Å². The maximum absolute atomic E-state index is 14.3. The molecule has 1 amide bonds. The second-order valence-electron chi connectivity index (χ2n) is 11.6. The third kappa shape index (κ3) is 4.28. The van der Waals surface area contributed by atoms with Crippen molar-refractivity contribution >= 4 is 11.7 Å². The van der Waals surface area contributed by atoms with Gasteiger partial charge in [0.2, 0.25) is 11.7 Å². The Bertz CT molecular complexity index is 1080. The molecule has 2 saturated carbocycles. The van der Waals surface area contributed by atoms with Crippen molar-refractivity contribution in [2.75, 3.05) is 38.3 Å². The van der Waals surface area contributed by atoms with Crippen molar-refractivity contribution in [2.45, 2.75) is 93.4 Å². The maximum Gasteiger partial charge on any atom is 0.451 e. The molecule has 12 heteroatoms. The molecule has 6 rings (SSSR count). The number of hydrogen-bond acceptors (Lipinski definition) is 8. The number of amides is 1. The molecule has 5 fully saturated rings. The predicted octanol–water partition coefficient (Wildman–Crippen LogP) is 2.13. The molecular formula is C26H36F3N5O4. The van der Waals surface area contributed by atoms with Crippen LogP contribution in [0.3, 0.4) is 0 Å². The van der Waals surface area contributed by atoms with Crippen molar-refractivity contribution in [3.63, 3.8) is 0 Å². The van der Waals surface area contributed by atoms with Crippen molar-refractivity contribution < 1.29 is 33.9 Å². The van der Waals surface area contributed by atoms with E-state index >= 15 is 0 Å². The van der Waals surface area contributed by atoms with E-state index in [-0.39, 0.29) is 49.1 Å². The number of hydrogen-bond donors (Lipinski definition) is 2. The molecule has 38 heavy (non-hydrogen) atoms. The number of anilines is 1. The first-order valence-electron chi connectivity index (χ1n) is 14.3. The number of rotatable bonds is 6. The molecule has 2 N–H and O–H groups in total. The number of carbonyl (C=O) groups is 1. The molecule has 4 heterocycles. The number of aromatic nitrogens is 2. The zero-order valence-electron chi connectivity index (χ0n) is 22.3. The van der Waals surface area contributed by atoms with Crippen LogP contribution in [0.1, 0.15) is 58.6 Å². The van der Waals surface area contributed by atoms with E-state index < -0.39 is 23.0 Å². The number of likely N-dealkylation sites (tertiary alicyclic amines) is 1. The first-order chi connectivity index (χ1) is 18.6. The van der Waals surface area contributed by atoms with Gasteiger partial charge in [0, 0.05) is 45.1 Å². The van der Waals surface area contributed by atoms with Gasteiger partial charge in [0.1, 0.15) is 5.82 Å². The topological polar surface area (TPSA) is 100 Å². The Morgan fingerprint density at radius 1 is 1.29 bits per heavy atom. The fraction of sp³-hybridized carbons (Fsp3) is 0.808. The first kappa shape index (κ1) is 25.0. The average Bonchev–Trinajstić information content (AvgIpc) is 3.63. The summed E-state index contributed by atoms with van der Waals surface area (Å²) in [7, 11) is -0.139. The Balaban J connectivity index is 1.17. The van der Waals surface area contributed by atoms with Crippen molar-refractivity contribution in [3.8, 4) is 0 Å². The van der Waals surface area contributed by atoms with E-state index in [1.807, 2.05) is 9.80 Å². The van der Waals surface area contributed by atoms with Crippen LogP contribution in [-0.4, -0.2) is 95.1 Å². The van der Waals surface area contributed by atoms with Gasteiger partial charge in [-0.1, -0.05) is 0 Å². The molecule has 0 radical (unpaired) electrons. The van der Waals surface area contributed by atoms with Crippen molar-refractivity contribution in [1.82, 2.24) is 20.2 Å². The fourth-order valence-corrected chi connectivity index (χ4v) is 7.48. The van der Waals surface area contributed by atoms with Crippen LogP contribution < -0.4 is 10.2 Å². The van der Waals surface area contributed by atoms with Gasteiger partial charge in [-0.25, -0.2) is 9.97 Å². The molecule has 210 valence electrons. The largest absolute Gasteiger partial charge is 0.451 e. The highest BCUT2D eigenvalue weighted by molar-refractivity contribution is 5.86. The zero-order valence-corrected chi connectivity index (χ0v) is 21.3. The highest BCUT2D eigenvalue weighted by atomic mass is 19.4. The van der Waals surface area contributed by atoms with Gasteiger partial charge in [0.25, 0.3) is 0 Å². The molecule has 6 atom stereocenters. The Labute approximate surface area is 221 Å². The summed E-state index contributed by atoms with van der Waals surface area (Å²) in [6, 6.07) is 1.30. The van der Waals surface area contributed by atoms with Gasteiger partial charge < -0.3 is 29.7 Å². The minimum atomic E-state index is -4.62. The third-order valence-electron chi connectivity index (χ3n) is 9.65. The lowest BCUT2D eigenvalue weighted by Crippen LogP contribution is -2.63. The SMILES string of the molecule is [2H]CO[C@@H]1COCC[C@@H]1N[C@@H]1CC[C@@](C(=O)N2C[C@@H]3C[C@H]2CN3c2ccnc(C(F)(F)F)n2)(C2(O)CCC2)C1. The normalized spacial score (nSPS) is 36.8.